The third-order valence-electron chi connectivity index (χ3n) is 1.81. The second-order valence-corrected chi connectivity index (χ2v) is 5.21. The zero-order valence-corrected chi connectivity index (χ0v) is 10.3. The van der Waals surface area contributed by atoms with E-state index in [2.05, 4.69) is 42.0 Å². The lowest BCUT2D eigenvalue weighted by atomic mass is 10.1. The Morgan fingerprint density at radius 2 is 2.00 bits per heavy atom. The van der Waals surface area contributed by atoms with E-state index in [1.165, 1.54) is 6.07 Å². The third kappa shape index (κ3) is 3.76. The van der Waals surface area contributed by atoms with Crippen LogP contribution in [0.3, 0.4) is 0 Å². The normalized spacial score (nSPS) is 11.8. The van der Waals surface area contributed by atoms with Crippen LogP contribution < -0.4 is 5.32 Å². The summed E-state index contributed by atoms with van der Waals surface area (Å²) in [6, 6.07) is 5.07. The van der Waals surface area contributed by atoms with Gasteiger partial charge in [-0.1, -0.05) is 6.07 Å². The molecule has 0 aliphatic carbocycles. The van der Waals surface area contributed by atoms with Crippen LogP contribution in [0.5, 0.6) is 0 Å². The van der Waals surface area contributed by atoms with Gasteiger partial charge in [0.1, 0.15) is 5.82 Å². The van der Waals surface area contributed by atoms with Crippen molar-refractivity contribution in [2.45, 2.75) is 32.9 Å². The average molecular weight is 260 g/mol. The molecule has 0 saturated carbocycles. The van der Waals surface area contributed by atoms with Crippen LogP contribution in [0, 0.1) is 5.82 Å². The maximum absolute atomic E-state index is 12.9. The zero-order chi connectivity index (χ0) is 10.8. The van der Waals surface area contributed by atoms with Gasteiger partial charge in [0, 0.05) is 12.1 Å². The number of halogens is 2. The summed E-state index contributed by atoms with van der Waals surface area (Å²) in [7, 11) is 0. The first-order valence-electron chi connectivity index (χ1n) is 4.57. The van der Waals surface area contributed by atoms with Crippen LogP contribution in [-0.2, 0) is 6.54 Å². The molecule has 0 spiro atoms. The molecule has 0 atom stereocenters. The topological polar surface area (TPSA) is 12.0 Å². The van der Waals surface area contributed by atoms with E-state index in [-0.39, 0.29) is 11.4 Å². The van der Waals surface area contributed by atoms with Crippen LogP contribution in [-0.4, -0.2) is 5.54 Å². The molecule has 1 aromatic rings. The van der Waals surface area contributed by atoms with Crippen molar-refractivity contribution in [3.63, 3.8) is 0 Å². The summed E-state index contributed by atoms with van der Waals surface area (Å²) in [5.41, 5.74) is 1.16. The molecule has 0 saturated heterocycles. The Kier molecular flexibility index (Phi) is 3.67. The summed E-state index contributed by atoms with van der Waals surface area (Å²) < 4.78 is 13.4. The van der Waals surface area contributed by atoms with Crippen LogP contribution in [0.15, 0.2) is 22.7 Å². The molecule has 0 aliphatic rings. The van der Waals surface area contributed by atoms with E-state index in [1.54, 1.807) is 12.1 Å². The SMILES string of the molecule is CC(C)(C)NCc1ccc(F)c(Br)c1. The summed E-state index contributed by atoms with van der Waals surface area (Å²) >= 11 is 3.16. The van der Waals surface area contributed by atoms with Gasteiger partial charge >= 0.3 is 0 Å². The summed E-state index contributed by atoms with van der Waals surface area (Å²) in [5.74, 6) is -0.218. The van der Waals surface area contributed by atoms with Gasteiger partial charge in [-0.25, -0.2) is 4.39 Å². The zero-order valence-electron chi connectivity index (χ0n) is 8.70. The summed E-state index contributed by atoms with van der Waals surface area (Å²) in [6.07, 6.45) is 0. The first kappa shape index (κ1) is 11.7. The maximum Gasteiger partial charge on any atom is 0.137 e. The highest BCUT2D eigenvalue weighted by Crippen LogP contribution is 2.17. The third-order valence-corrected chi connectivity index (χ3v) is 2.41. The molecule has 0 heterocycles. The number of benzene rings is 1. The molecule has 14 heavy (non-hydrogen) atoms. The highest BCUT2D eigenvalue weighted by molar-refractivity contribution is 9.10. The first-order chi connectivity index (χ1) is 6.38. The quantitative estimate of drug-likeness (QED) is 0.858. The minimum Gasteiger partial charge on any atom is -0.308 e. The van der Waals surface area contributed by atoms with Crippen molar-refractivity contribution in [1.29, 1.82) is 0 Å². The van der Waals surface area contributed by atoms with E-state index >= 15 is 0 Å². The van der Waals surface area contributed by atoms with Crippen LogP contribution in [0.2, 0.25) is 0 Å². The number of rotatable bonds is 2. The molecular formula is C11H15BrFN. The van der Waals surface area contributed by atoms with Crippen molar-refractivity contribution < 1.29 is 4.39 Å². The van der Waals surface area contributed by atoms with Gasteiger partial charge in [0.15, 0.2) is 0 Å². The van der Waals surface area contributed by atoms with Crippen molar-refractivity contribution in [1.82, 2.24) is 5.32 Å². The largest absolute Gasteiger partial charge is 0.308 e. The van der Waals surface area contributed by atoms with Gasteiger partial charge in [0.2, 0.25) is 0 Å². The maximum atomic E-state index is 12.9. The first-order valence-corrected chi connectivity index (χ1v) is 5.37. The lowest BCUT2D eigenvalue weighted by molar-refractivity contribution is 0.424. The minimum absolute atomic E-state index is 0.0842. The van der Waals surface area contributed by atoms with Gasteiger partial charge in [-0.3, -0.25) is 0 Å². The van der Waals surface area contributed by atoms with E-state index in [0.29, 0.717) is 4.47 Å². The van der Waals surface area contributed by atoms with Crippen molar-refractivity contribution in [3.05, 3.63) is 34.1 Å². The van der Waals surface area contributed by atoms with E-state index < -0.39 is 0 Å². The highest BCUT2D eigenvalue weighted by Gasteiger charge is 2.08. The Morgan fingerprint density at radius 1 is 1.36 bits per heavy atom. The van der Waals surface area contributed by atoms with Gasteiger partial charge in [0.25, 0.3) is 0 Å². The molecule has 0 unspecified atom stereocenters. The Balaban J connectivity index is 2.65. The Labute approximate surface area is 92.8 Å². The highest BCUT2D eigenvalue weighted by atomic mass is 79.9. The van der Waals surface area contributed by atoms with Crippen LogP contribution in [0.25, 0.3) is 0 Å². The van der Waals surface area contributed by atoms with Gasteiger partial charge in [-0.2, -0.15) is 0 Å². The minimum atomic E-state index is -0.218. The second-order valence-electron chi connectivity index (χ2n) is 4.35. The van der Waals surface area contributed by atoms with E-state index in [1.807, 2.05) is 0 Å². The standard InChI is InChI=1S/C11H15BrFN/c1-11(2,3)14-7-8-4-5-10(13)9(12)6-8/h4-6,14H,7H2,1-3H3. The Morgan fingerprint density at radius 3 is 2.50 bits per heavy atom. The Hall–Kier alpha value is -0.410. The van der Waals surface area contributed by atoms with Crippen LogP contribution in [0.1, 0.15) is 26.3 Å². The van der Waals surface area contributed by atoms with Crippen LogP contribution in [0.4, 0.5) is 4.39 Å². The lowest BCUT2D eigenvalue weighted by Gasteiger charge is -2.20. The van der Waals surface area contributed by atoms with E-state index in [9.17, 15) is 4.39 Å². The molecule has 0 aliphatic heterocycles. The van der Waals surface area contributed by atoms with E-state index in [4.69, 9.17) is 0 Å². The molecular weight excluding hydrogens is 245 g/mol. The molecule has 0 bridgehead atoms. The fourth-order valence-corrected chi connectivity index (χ4v) is 1.44. The van der Waals surface area contributed by atoms with Gasteiger partial charge in [-0.05, 0) is 54.4 Å². The molecule has 0 aromatic heterocycles. The Bertz CT molecular complexity index is 318. The van der Waals surface area contributed by atoms with Gasteiger partial charge in [-0.15, -0.1) is 0 Å². The molecule has 0 fully saturated rings. The monoisotopic (exact) mass is 259 g/mol. The molecule has 0 amide bonds. The molecule has 1 N–H and O–H groups in total. The summed E-state index contributed by atoms with van der Waals surface area (Å²) in [6.45, 7) is 7.06. The number of hydrogen-bond acceptors (Lipinski definition) is 1. The van der Waals surface area contributed by atoms with Crippen molar-refractivity contribution in [2.75, 3.05) is 0 Å². The average Bonchev–Trinajstić information content (AvgIpc) is 2.06. The second kappa shape index (κ2) is 4.41. The van der Waals surface area contributed by atoms with Crippen molar-refractivity contribution in [3.8, 4) is 0 Å². The molecule has 3 heteroatoms. The van der Waals surface area contributed by atoms with Gasteiger partial charge in [0.05, 0.1) is 4.47 Å². The molecule has 1 aromatic carbocycles. The summed E-state index contributed by atoms with van der Waals surface area (Å²) in [5, 5.41) is 3.34. The van der Waals surface area contributed by atoms with Crippen molar-refractivity contribution in [2.24, 2.45) is 0 Å². The van der Waals surface area contributed by atoms with Gasteiger partial charge < -0.3 is 5.32 Å². The number of nitrogens with one attached hydrogen (secondary N) is 1. The fourth-order valence-electron chi connectivity index (χ4n) is 1.02. The molecule has 78 valence electrons. The molecule has 1 nitrogen and oxygen atoms in total. The molecule has 1 rings (SSSR count). The van der Waals surface area contributed by atoms with E-state index in [0.717, 1.165) is 12.1 Å². The van der Waals surface area contributed by atoms with Crippen molar-refractivity contribution >= 4 is 15.9 Å². The predicted molar refractivity (Wildman–Crippen MR) is 60.7 cm³/mol. The molecule has 0 radical (unpaired) electrons. The smallest absolute Gasteiger partial charge is 0.137 e. The lowest BCUT2D eigenvalue weighted by Crippen LogP contribution is -2.35. The number of hydrogen-bond donors (Lipinski definition) is 1. The fraction of sp³-hybridized carbons (Fsp3) is 0.455. The summed E-state index contributed by atoms with van der Waals surface area (Å²) in [4.78, 5) is 0. The van der Waals surface area contributed by atoms with Crippen LogP contribution >= 0.6 is 15.9 Å². The predicted octanol–water partition coefficient (Wildman–Crippen LogP) is 3.48.